The summed E-state index contributed by atoms with van der Waals surface area (Å²) >= 11 is 0. The fourth-order valence-electron chi connectivity index (χ4n) is 1.60. The Kier molecular flexibility index (Phi) is 2.77. The van der Waals surface area contributed by atoms with E-state index in [1.54, 1.807) is 6.07 Å². The number of rotatable bonds is 2. The van der Waals surface area contributed by atoms with Gasteiger partial charge in [-0.3, -0.25) is 0 Å². The highest BCUT2D eigenvalue weighted by atomic mass is 19.1. The quantitative estimate of drug-likeness (QED) is 0.781. The van der Waals surface area contributed by atoms with Gasteiger partial charge in [0, 0.05) is 12.7 Å². The van der Waals surface area contributed by atoms with Crippen molar-refractivity contribution in [1.82, 2.24) is 0 Å². The van der Waals surface area contributed by atoms with Crippen LogP contribution in [0.3, 0.4) is 0 Å². The van der Waals surface area contributed by atoms with E-state index in [0.717, 1.165) is 5.69 Å². The molecule has 0 saturated carbocycles. The van der Waals surface area contributed by atoms with E-state index < -0.39 is 0 Å². The molecule has 0 spiro atoms. The van der Waals surface area contributed by atoms with Crippen LogP contribution in [0.25, 0.3) is 0 Å². The third-order valence-electron chi connectivity index (χ3n) is 2.50. The lowest BCUT2D eigenvalue weighted by atomic mass is 10.2. The summed E-state index contributed by atoms with van der Waals surface area (Å²) < 4.78 is 13.1. The number of halogens is 1. The number of nitrogens with two attached hydrogens (primary N) is 1. The Labute approximate surface area is 94.1 Å². The average Bonchev–Trinajstić information content (AvgIpc) is 2.32. The van der Waals surface area contributed by atoms with E-state index in [0.29, 0.717) is 11.4 Å². The molecule has 2 nitrogen and oxygen atoms in total. The highest BCUT2D eigenvalue weighted by molar-refractivity contribution is 5.74. The topological polar surface area (TPSA) is 29.3 Å². The van der Waals surface area contributed by atoms with E-state index in [2.05, 4.69) is 0 Å². The van der Waals surface area contributed by atoms with E-state index in [-0.39, 0.29) is 5.82 Å². The van der Waals surface area contributed by atoms with Crippen molar-refractivity contribution in [3.05, 3.63) is 54.3 Å². The molecular weight excluding hydrogens is 203 g/mol. The van der Waals surface area contributed by atoms with Gasteiger partial charge < -0.3 is 10.6 Å². The second kappa shape index (κ2) is 4.23. The summed E-state index contributed by atoms with van der Waals surface area (Å²) in [6.45, 7) is 0. The van der Waals surface area contributed by atoms with Crippen LogP contribution in [-0.4, -0.2) is 7.05 Å². The fourth-order valence-corrected chi connectivity index (χ4v) is 1.60. The van der Waals surface area contributed by atoms with Crippen molar-refractivity contribution >= 4 is 17.1 Å². The Bertz CT molecular complexity index is 483. The molecule has 0 atom stereocenters. The van der Waals surface area contributed by atoms with Gasteiger partial charge in [0.15, 0.2) is 0 Å². The van der Waals surface area contributed by atoms with Gasteiger partial charge in [-0.2, -0.15) is 0 Å². The lowest BCUT2D eigenvalue weighted by Crippen LogP contribution is -2.11. The molecule has 0 saturated heterocycles. The van der Waals surface area contributed by atoms with E-state index in [1.807, 2.05) is 42.3 Å². The highest BCUT2D eigenvalue weighted by Crippen LogP contribution is 2.29. The Hall–Kier alpha value is -2.03. The third-order valence-corrected chi connectivity index (χ3v) is 2.50. The Morgan fingerprint density at radius 2 is 1.75 bits per heavy atom. The Morgan fingerprint density at radius 3 is 2.44 bits per heavy atom. The smallest absolute Gasteiger partial charge is 0.125 e. The molecule has 2 aromatic rings. The molecule has 0 aromatic heterocycles. The van der Waals surface area contributed by atoms with E-state index in [9.17, 15) is 4.39 Å². The third kappa shape index (κ3) is 1.98. The zero-order valence-corrected chi connectivity index (χ0v) is 9.02. The molecule has 0 aliphatic heterocycles. The van der Waals surface area contributed by atoms with Gasteiger partial charge in [-0.25, -0.2) is 4.39 Å². The van der Waals surface area contributed by atoms with Crippen LogP contribution in [0.2, 0.25) is 0 Å². The summed E-state index contributed by atoms with van der Waals surface area (Å²) in [4.78, 5) is 1.86. The molecule has 2 rings (SSSR count). The molecule has 3 heteroatoms. The number of nitrogens with zero attached hydrogens (tertiary/aromatic N) is 1. The largest absolute Gasteiger partial charge is 0.397 e. The molecule has 2 aromatic carbocycles. The number of hydrogen-bond acceptors (Lipinski definition) is 2. The summed E-state index contributed by atoms with van der Waals surface area (Å²) in [5, 5.41) is 0. The van der Waals surface area contributed by atoms with Crippen LogP contribution in [0.5, 0.6) is 0 Å². The van der Waals surface area contributed by atoms with Crippen molar-refractivity contribution in [1.29, 1.82) is 0 Å². The van der Waals surface area contributed by atoms with Gasteiger partial charge in [-0.1, -0.05) is 18.2 Å². The SMILES string of the molecule is CN(c1ccccc1)c1cc(F)ccc1N. The Morgan fingerprint density at radius 1 is 1.06 bits per heavy atom. The van der Waals surface area contributed by atoms with E-state index in [1.165, 1.54) is 12.1 Å². The lowest BCUT2D eigenvalue weighted by molar-refractivity contribution is 0.628. The molecule has 0 fully saturated rings. The van der Waals surface area contributed by atoms with Crippen LogP contribution < -0.4 is 10.6 Å². The molecular formula is C13H13FN2. The van der Waals surface area contributed by atoms with Crippen LogP contribution in [0, 0.1) is 5.82 Å². The minimum atomic E-state index is -0.285. The second-order valence-corrected chi connectivity index (χ2v) is 3.60. The summed E-state index contributed by atoms with van der Waals surface area (Å²) in [5.41, 5.74) is 8.03. The van der Waals surface area contributed by atoms with Crippen LogP contribution in [0.15, 0.2) is 48.5 Å². The minimum absolute atomic E-state index is 0.285. The molecule has 16 heavy (non-hydrogen) atoms. The van der Waals surface area contributed by atoms with E-state index in [4.69, 9.17) is 5.73 Å². The van der Waals surface area contributed by atoms with Gasteiger partial charge in [-0.05, 0) is 30.3 Å². The molecule has 0 amide bonds. The first-order valence-corrected chi connectivity index (χ1v) is 5.02. The van der Waals surface area contributed by atoms with Crippen molar-refractivity contribution in [2.45, 2.75) is 0 Å². The van der Waals surface area contributed by atoms with Crippen LogP contribution in [0.4, 0.5) is 21.5 Å². The fraction of sp³-hybridized carbons (Fsp3) is 0.0769. The van der Waals surface area contributed by atoms with Gasteiger partial charge in [0.1, 0.15) is 5.82 Å². The monoisotopic (exact) mass is 216 g/mol. The number of nitrogen functional groups attached to an aromatic ring is 1. The number of hydrogen-bond donors (Lipinski definition) is 1. The van der Waals surface area contributed by atoms with Crippen LogP contribution in [-0.2, 0) is 0 Å². The molecule has 0 radical (unpaired) electrons. The maximum Gasteiger partial charge on any atom is 0.125 e. The average molecular weight is 216 g/mol. The zero-order chi connectivity index (χ0) is 11.5. The molecule has 0 heterocycles. The number of benzene rings is 2. The molecule has 0 aliphatic carbocycles. The normalized spacial score (nSPS) is 10.1. The molecule has 0 aliphatic rings. The van der Waals surface area contributed by atoms with Crippen molar-refractivity contribution in [2.75, 3.05) is 17.7 Å². The van der Waals surface area contributed by atoms with Crippen molar-refractivity contribution in [3.63, 3.8) is 0 Å². The summed E-state index contributed by atoms with van der Waals surface area (Å²) in [7, 11) is 1.86. The standard InChI is InChI=1S/C13H13FN2/c1-16(11-5-3-2-4-6-11)13-9-10(14)7-8-12(13)15/h2-9H,15H2,1H3. The van der Waals surface area contributed by atoms with Crippen LogP contribution >= 0.6 is 0 Å². The summed E-state index contributed by atoms with van der Waals surface area (Å²) in [5.74, 6) is -0.285. The predicted octanol–water partition coefficient (Wildman–Crippen LogP) is 3.18. The first-order valence-electron chi connectivity index (χ1n) is 5.02. The number of anilines is 3. The molecule has 82 valence electrons. The maximum atomic E-state index is 13.1. The lowest BCUT2D eigenvalue weighted by Gasteiger charge is -2.21. The summed E-state index contributed by atoms with van der Waals surface area (Å²) in [6.07, 6.45) is 0. The Balaban J connectivity index is 2.41. The molecule has 0 unspecified atom stereocenters. The van der Waals surface area contributed by atoms with Gasteiger partial charge in [0.25, 0.3) is 0 Å². The zero-order valence-electron chi connectivity index (χ0n) is 9.02. The first kappa shape index (κ1) is 10.5. The van der Waals surface area contributed by atoms with Gasteiger partial charge in [-0.15, -0.1) is 0 Å². The number of para-hydroxylation sites is 1. The first-order chi connectivity index (χ1) is 7.68. The maximum absolute atomic E-state index is 13.1. The van der Waals surface area contributed by atoms with Crippen LogP contribution in [0.1, 0.15) is 0 Å². The van der Waals surface area contributed by atoms with E-state index >= 15 is 0 Å². The second-order valence-electron chi connectivity index (χ2n) is 3.60. The predicted molar refractivity (Wildman–Crippen MR) is 65.3 cm³/mol. The van der Waals surface area contributed by atoms with Crippen molar-refractivity contribution in [3.8, 4) is 0 Å². The van der Waals surface area contributed by atoms with Gasteiger partial charge >= 0.3 is 0 Å². The van der Waals surface area contributed by atoms with Gasteiger partial charge in [0.05, 0.1) is 11.4 Å². The molecule has 2 N–H and O–H groups in total. The van der Waals surface area contributed by atoms with Crippen molar-refractivity contribution in [2.24, 2.45) is 0 Å². The minimum Gasteiger partial charge on any atom is -0.397 e. The highest BCUT2D eigenvalue weighted by Gasteiger charge is 2.07. The van der Waals surface area contributed by atoms with Crippen molar-refractivity contribution < 1.29 is 4.39 Å². The molecule has 0 bridgehead atoms. The van der Waals surface area contributed by atoms with Gasteiger partial charge in [0.2, 0.25) is 0 Å². The summed E-state index contributed by atoms with van der Waals surface area (Å²) in [6, 6.07) is 14.1.